The van der Waals surface area contributed by atoms with Gasteiger partial charge >= 0.3 is 0 Å². The van der Waals surface area contributed by atoms with Crippen LogP contribution in [0.5, 0.6) is 0 Å². The molecule has 1 saturated heterocycles. The zero-order chi connectivity index (χ0) is 12.3. The second kappa shape index (κ2) is 5.51. The third kappa shape index (κ3) is 2.79. The number of nitrogen functional groups attached to an aromatic ring is 1. The van der Waals surface area contributed by atoms with Crippen LogP contribution in [0.25, 0.3) is 0 Å². The molecule has 0 saturated carbocycles. The number of aliphatic hydroxyl groups is 1. The van der Waals surface area contributed by atoms with Gasteiger partial charge in [0.1, 0.15) is 0 Å². The van der Waals surface area contributed by atoms with Gasteiger partial charge in [-0.2, -0.15) is 4.98 Å². The zero-order valence-electron chi connectivity index (χ0n) is 9.64. The maximum atomic E-state index is 9.09. The van der Waals surface area contributed by atoms with Crippen LogP contribution in [0.3, 0.4) is 0 Å². The molecule has 0 bridgehead atoms. The van der Waals surface area contributed by atoms with Gasteiger partial charge in [-0.1, -0.05) is 0 Å². The van der Waals surface area contributed by atoms with Gasteiger partial charge in [-0.25, -0.2) is 4.98 Å². The minimum atomic E-state index is 0.180. The molecule has 1 atom stereocenters. The standard InChI is InChI=1S/C11H17ClN4O/c12-11-14-7-9(13)10(15-11)16-5-2-1-3-8(16)4-6-17/h7-8,17H,1-6,13H2. The van der Waals surface area contributed by atoms with Crippen molar-refractivity contribution < 1.29 is 5.11 Å². The van der Waals surface area contributed by atoms with Crippen LogP contribution in [0.15, 0.2) is 6.20 Å². The first-order valence-electron chi connectivity index (χ1n) is 5.88. The molecule has 0 aromatic carbocycles. The number of rotatable bonds is 3. The van der Waals surface area contributed by atoms with Gasteiger partial charge in [0.05, 0.1) is 11.9 Å². The summed E-state index contributed by atoms with van der Waals surface area (Å²) >= 11 is 5.81. The van der Waals surface area contributed by atoms with E-state index < -0.39 is 0 Å². The number of aromatic nitrogens is 2. The highest BCUT2D eigenvalue weighted by Crippen LogP contribution is 2.29. The Hall–Kier alpha value is -1.07. The van der Waals surface area contributed by atoms with Crippen molar-refractivity contribution in [1.82, 2.24) is 9.97 Å². The van der Waals surface area contributed by atoms with Crippen LogP contribution in [0.2, 0.25) is 5.28 Å². The minimum Gasteiger partial charge on any atom is -0.396 e. The number of nitrogens with zero attached hydrogens (tertiary/aromatic N) is 3. The molecule has 0 spiro atoms. The summed E-state index contributed by atoms with van der Waals surface area (Å²) in [6, 6.07) is 0.294. The third-order valence-corrected chi connectivity index (χ3v) is 3.31. The molecule has 6 heteroatoms. The molecule has 2 rings (SSSR count). The summed E-state index contributed by atoms with van der Waals surface area (Å²) in [7, 11) is 0. The minimum absolute atomic E-state index is 0.180. The molecule has 0 amide bonds. The van der Waals surface area contributed by atoms with Crippen LogP contribution in [0.1, 0.15) is 25.7 Å². The lowest BCUT2D eigenvalue weighted by atomic mass is 9.99. The van der Waals surface area contributed by atoms with Crippen LogP contribution in [-0.2, 0) is 0 Å². The number of nitrogens with two attached hydrogens (primary N) is 1. The van der Waals surface area contributed by atoms with Crippen molar-refractivity contribution >= 4 is 23.1 Å². The van der Waals surface area contributed by atoms with E-state index in [9.17, 15) is 0 Å². The van der Waals surface area contributed by atoms with Gasteiger partial charge < -0.3 is 15.7 Å². The molecule has 1 fully saturated rings. The Bertz CT molecular complexity index is 386. The summed E-state index contributed by atoms with van der Waals surface area (Å²) < 4.78 is 0. The molecule has 0 radical (unpaired) electrons. The zero-order valence-corrected chi connectivity index (χ0v) is 10.4. The number of halogens is 1. The summed E-state index contributed by atoms with van der Waals surface area (Å²) in [6.45, 7) is 1.09. The molecule has 1 aromatic heterocycles. The first kappa shape index (κ1) is 12.4. The fraction of sp³-hybridized carbons (Fsp3) is 0.636. The van der Waals surface area contributed by atoms with Gasteiger partial charge in [0.15, 0.2) is 5.82 Å². The molecule has 1 unspecified atom stereocenters. The predicted octanol–water partition coefficient (Wildman–Crippen LogP) is 1.45. The number of anilines is 2. The molecule has 3 N–H and O–H groups in total. The number of hydrogen-bond donors (Lipinski definition) is 2. The lowest BCUT2D eigenvalue weighted by Gasteiger charge is -2.36. The quantitative estimate of drug-likeness (QED) is 0.801. The summed E-state index contributed by atoms with van der Waals surface area (Å²) in [5, 5.41) is 9.30. The van der Waals surface area contributed by atoms with Crippen molar-refractivity contribution in [2.75, 3.05) is 23.8 Å². The Morgan fingerprint density at radius 2 is 2.35 bits per heavy atom. The molecule has 1 aliphatic rings. The Labute approximate surface area is 106 Å². The maximum Gasteiger partial charge on any atom is 0.224 e. The van der Waals surface area contributed by atoms with Crippen LogP contribution in [-0.4, -0.2) is 34.3 Å². The maximum absolute atomic E-state index is 9.09. The Kier molecular flexibility index (Phi) is 4.02. The predicted molar refractivity (Wildman–Crippen MR) is 68.1 cm³/mol. The highest BCUT2D eigenvalue weighted by atomic mass is 35.5. The molecular formula is C11H17ClN4O. The Balaban J connectivity index is 2.25. The van der Waals surface area contributed by atoms with E-state index in [1.54, 1.807) is 0 Å². The molecule has 1 aromatic rings. The monoisotopic (exact) mass is 256 g/mol. The first-order valence-corrected chi connectivity index (χ1v) is 6.25. The largest absolute Gasteiger partial charge is 0.396 e. The van der Waals surface area contributed by atoms with Crippen molar-refractivity contribution in [2.24, 2.45) is 0 Å². The van der Waals surface area contributed by atoms with Crippen molar-refractivity contribution in [3.63, 3.8) is 0 Å². The van der Waals surface area contributed by atoms with Crippen molar-refractivity contribution in [3.05, 3.63) is 11.5 Å². The average Bonchev–Trinajstić information content (AvgIpc) is 2.34. The molecule has 94 valence electrons. The normalized spacial score (nSPS) is 20.6. The van der Waals surface area contributed by atoms with E-state index in [0.29, 0.717) is 17.5 Å². The van der Waals surface area contributed by atoms with Crippen molar-refractivity contribution in [2.45, 2.75) is 31.7 Å². The van der Waals surface area contributed by atoms with Gasteiger partial charge in [-0.3, -0.25) is 0 Å². The van der Waals surface area contributed by atoms with Gasteiger partial charge in [0.2, 0.25) is 5.28 Å². The number of hydrogen-bond acceptors (Lipinski definition) is 5. The van der Waals surface area contributed by atoms with Crippen LogP contribution >= 0.6 is 11.6 Å². The fourth-order valence-electron chi connectivity index (χ4n) is 2.32. The number of aliphatic hydroxyl groups excluding tert-OH is 1. The van der Waals surface area contributed by atoms with Gasteiger partial charge in [-0.15, -0.1) is 0 Å². The second-order valence-electron chi connectivity index (χ2n) is 4.27. The average molecular weight is 257 g/mol. The van der Waals surface area contributed by atoms with E-state index in [0.717, 1.165) is 25.8 Å². The first-order chi connectivity index (χ1) is 8.22. The summed E-state index contributed by atoms with van der Waals surface area (Å²) in [6.07, 6.45) is 5.63. The molecule has 17 heavy (non-hydrogen) atoms. The van der Waals surface area contributed by atoms with Crippen molar-refractivity contribution in [1.29, 1.82) is 0 Å². The molecule has 0 aliphatic carbocycles. The molecule has 2 heterocycles. The van der Waals surface area contributed by atoms with Crippen molar-refractivity contribution in [3.8, 4) is 0 Å². The summed E-state index contributed by atoms with van der Waals surface area (Å²) in [5.41, 5.74) is 6.43. The molecule has 5 nitrogen and oxygen atoms in total. The van der Waals surface area contributed by atoms with Crippen LogP contribution in [0, 0.1) is 0 Å². The second-order valence-corrected chi connectivity index (χ2v) is 4.61. The van der Waals surface area contributed by atoms with Gasteiger partial charge in [0.25, 0.3) is 0 Å². The highest BCUT2D eigenvalue weighted by molar-refractivity contribution is 6.28. The van der Waals surface area contributed by atoms with E-state index in [4.69, 9.17) is 22.4 Å². The van der Waals surface area contributed by atoms with E-state index in [-0.39, 0.29) is 11.9 Å². The third-order valence-electron chi connectivity index (χ3n) is 3.13. The van der Waals surface area contributed by atoms with Crippen LogP contribution in [0.4, 0.5) is 11.5 Å². The summed E-state index contributed by atoms with van der Waals surface area (Å²) in [4.78, 5) is 10.2. The Morgan fingerprint density at radius 3 is 3.12 bits per heavy atom. The smallest absolute Gasteiger partial charge is 0.224 e. The van der Waals surface area contributed by atoms with E-state index in [2.05, 4.69) is 14.9 Å². The Morgan fingerprint density at radius 1 is 1.53 bits per heavy atom. The lowest BCUT2D eigenvalue weighted by molar-refractivity contribution is 0.262. The van der Waals surface area contributed by atoms with Gasteiger partial charge in [0, 0.05) is 19.2 Å². The molecule has 1 aliphatic heterocycles. The van der Waals surface area contributed by atoms with Crippen LogP contribution < -0.4 is 10.6 Å². The number of piperidine rings is 1. The van der Waals surface area contributed by atoms with Gasteiger partial charge in [-0.05, 0) is 37.3 Å². The molecular weight excluding hydrogens is 240 g/mol. The van der Waals surface area contributed by atoms with E-state index >= 15 is 0 Å². The van der Waals surface area contributed by atoms with E-state index in [1.165, 1.54) is 12.6 Å². The van der Waals surface area contributed by atoms with E-state index in [1.807, 2.05) is 0 Å². The highest BCUT2D eigenvalue weighted by Gasteiger charge is 2.24. The topological polar surface area (TPSA) is 75.3 Å². The SMILES string of the molecule is Nc1cnc(Cl)nc1N1CCCCC1CCO. The fourth-order valence-corrected chi connectivity index (χ4v) is 2.45. The summed E-state index contributed by atoms with van der Waals surface area (Å²) in [5.74, 6) is 0.697. The lowest BCUT2D eigenvalue weighted by Crippen LogP contribution is -2.41.